The highest BCUT2D eigenvalue weighted by Crippen LogP contribution is 2.37. The van der Waals surface area contributed by atoms with E-state index in [1.54, 1.807) is 23.5 Å². The van der Waals surface area contributed by atoms with Gasteiger partial charge in [-0.1, -0.05) is 19.3 Å². The van der Waals surface area contributed by atoms with Gasteiger partial charge in [0.25, 0.3) is 0 Å². The summed E-state index contributed by atoms with van der Waals surface area (Å²) in [7, 11) is 0. The van der Waals surface area contributed by atoms with Crippen molar-refractivity contribution in [2.45, 2.75) is 38.0 Å². The fourth-order valence-corrected chi connectivity index (χ4v) is 4.15. The molecule has 6 heteroatoms. The predicted octanol–water partition coefficient (Wildman–Crippen LogP) is 4.58. The molecule has 0 saturated heterocycles. The summed E-state index contributed by atoms with van der Waals surface area (Å²) < 4.78 is 1.05. The topological polar surface area (TPSA) is 96.3 Å². The van der Waals surface area contributed by atoms with E-state index in [1.807, 2.05) is 24.3 Å². The standard InChI is InChI=1S/C18H15N5S/c19-9-13(10-20)16(11-21)22-14-6-7-15-17(8-14)24-18(23-15)12-4-2-1-3-5-12/h6-8,12,22H,1-5H2. The van der Waals surface area contributed by atoms with Crippen LogP contribution < -0.4 is 5.32 Å². The lowest BCUT2D eigenvalue weighted by Gasteiger charge is -2.18. The van der Waals surface area contributed by atoms with Crippen molar-refractivity contribution >= 4 is 27.2 Å². The quantitative estimate of drug-likeness (QED) is 0.829. The molecule has 24 heavy (non-hydrogen) atoms. The molecule has 0 spiro atoms. The molecule has 1 heterocycles. The molecule has 1 aromatic heterocycles. The second-order valence-electron chi connectivity index (χ2n) is 5.78. The summed E-state index contributed by atoms with van der Waals surface area (Å²) in [5.74, 6) is 0.561. The van der Waals surface area contributed by atoms with E-state index in [0.29, 0.717) is 11.6 Å². The Labute approximate surface area is 144 Å². The minimum absolute atomic E-state index is 0.0311. The molecule has 0 aliphatic heterocycles. The summed E-state index contributed by atoms with van der Waals surface area (Å²) in [6, 6.07) is 11.0. The fraction of sp³-hybridized carbons (Fsp3) is 0.333. The molecule has 0 radical (unpaired) electrons. The van der Waals surface area contributed by atoms with Crippen molar-refractivity contribution in [1.82, 2.24) is 4.98 Å². The van der Waals surface area contributed by atoms with Gasteiger partial charge in [0.1, 0.15) is 23.9 Å². The maximum atomic E-state index is 9.13. The SMILES string of the molecule is N#CC(C#N)=C(C#N)Nc1ccc2nc(C3CCCCC3)sc2c1. The van der Waals surface area contributed by atoms with Crippen LogP contribution in [0.5, 0.6) is 0 Å². The molecular weight excluding hydrogens is 318 g/mol. The average Bonchev–Trinajstić information content (AvgIpc) is 3.06. The van der Waals surface area contributed by atoms with Gasteiger partial charge in [-0.05, 0) is 31.0 Å². The van der Waals surface area contributed by atoms with Gasteiger partial charge in [-0.25, -0.2) is 4.98 Å². The number of aromatic nitrogens is 1. The Bertz CT molecular complexity index is 898. The zero-order valence-corrected chi connectivity index (χ0v) is 13.9. The van der Waals surface area contributed by atoms with E-state index in [4.69, 9.17) is 20.8 Å². The zero-order chi connectivity index (χ0) is 16.9. The van der Waals surface area contributed by atoms with Gasteiger partial charge in [0.05, 0.1) is 15.2 Å². The van der Waals surface area contributed by atoms with Gasteiger partial charge in [-0.3, -0.25) is 0 Å². The van der Waals surface area contributed by atoms with E-state index in [2.05, 4.69) is 5.32 Å². The van der Waals surface area contributed by atoms with Crippen molar-refractivity contribution in [1.29, 1.82) is 15.8 Å². The lowest BCUT2D eigenvalue weighted by atomic mass is 9.90. The second-order valence-corrected chi connectivity index (χ2v) is 6.84. The van der Waals surface area contributed by atoms with Gasteiger partial charge in [-0.15, -0.1) is 11.3 Å². The van der Waals surface area contributed by atoms with Crippen LogP contribution in [0.15, 0.2) is 29.5 Å². The van der Waals surface area contributed by atoms with Crippen molar-refractivity contribution in [3.8, 4) is 18.2 Å². The van der Waals surface area contributed by atoms with E-state index in [9.17, 15) is 0 Å². The van der Waals surface area contributed by atoms with E-state index >= 15 is 0 Å². The number of nitrogens with one attached hydrogen (secondary N) is 1. The predicted molar refractivity (Wildman–Crippen MR) is 92.9 cm³/mol. The van der Waals surface area contributed by atoms with Crippen LogP contribution in [0.4, 0.5) is 5.69 Å². The number of hydrogen-bond donors (Lipinski definition) is 1. The molecule has 0 unspecified atom stereocenters. The number of thiazole rings is 1. The fourth-order valence-electron chi connectivity index (χ4n) is 2.97. The molecule has 1 aromatic carbocycles. The third-order valence-corrected chi connectivity index (χ3v) is 5.39. The summed E-state index contributed by atoms with van der Waals surface area (Å²) in [4.78, 5) is 4.75. The number of rotatable bonds is 3. The molecule has 1 N–H and O–H groups in total. The smallest absolute Gasteiger partial charge is 0.163 e. The monoisotopic (exact) mass is 333 g/mol. The van der Waals surface area contributed by atoms with Crippen LogP contribution in [-0.2, 0) is 0 Å². The van der Waals surface area contributed by atoms with Gasteiger partial charge in [0, 0.05) is 11.6 Å². The summed E-state index contributed by atoms with van der Waals surface area (Å²) in [5.41, 5.74) is 1.39. The number of benzene rings is 1. The zero-order valence-electron chi connectivity index (χ0n) is 13.0. The van der Waals surface area contributed by atoms with Gasteiger partial charge < -0.3 is 5.32 Å². The minimum atomic E-state index is -0.218. The molecule has 1 aliphatic carbocycles. The third-order valence-electron chi connectivity index (χ3n) is 4.21. The molecule has 0 bridgehead atoms. The molecule has 0 atom stereocenters. The first-order valence-corrected chi connectivity index (χ1v) is 8.69. The number of nitrogens with zero attached hydrogens (tertiary/aromatic N) is 4. The molecule has 1 fully saturated rings. The van der Waals surface area contributed by atoms with Crippen molar-refractivity contribution in [3.63, 3.8) is 0 Å². The lowest BCUT2D eigenvalue weighted by molar-refractivity contribution is 0.443. The van der Waals surface area contributed by atoms with Crippen LogP contribution in [0.3, 0.4) is 0 Å². The van der Waals surface area contributed by atoms with Crippen LogP contribution in [0.1, 0.15) is 43.0 Å². The molecule has 2 aromatic rings. The maximum Gasteiger partial charge on any atom is 0.163 e. The Morgan fingerprint density at radius 2 is 1.83 bits per heavy atom. The Balaban J connectivity index is 1.89. The Hall–Kier alpha value is -2.88. The first kappa shape index (κ1) is 16.0. The van der Waals surface area contributed by atoms with Crippen LogP contribution in [-0.4, -0.2) is 4.98 Å². The number of nitriles is 3. The Morgan fingerprint density at radius 3 is 2.50 bits per heavy atom. The lowest BCUT2D eigenvalue weighted by Crippen LogP contribution is -2.03. The maximum absolute atomic E-state index is 9.13. The highest BCUT2D eigenvalue weighted by atomic mass is 32.1. The van der Waals surface area contributed by atoms with E-state index in [0.717, 1.165) is 10.2 Å². The van der Waals surface area contributed by atoms with Gasteiger partial charge in [0.2, 0.25) is 0 Å². The minimum Gasteiger partial charge on any atom is -0.345 e. The molecule has 1 aliphatic rings. The molecular formula is C18H15N5S. The van der Waals surface area contributed by atoms with Crippen molar-refractivity contribution in [3.05, 3.63) is 34.5 Å². The second kappa shape index (κ2) is 7.13. The molecule has 1 saturated carbocycles. The van der Waals surface area contributed by atoms with E-state index in [-0.39, 0.29) is 11.3 Å². The molecule has 3 rings (SSSR count). The highest BCUT2D eigenvalue weighted by Gasteiger charge is 2.19. The van der Waals surface area contributed by atoms with Crippen molar-refractivity contribution in [2.75, 3.05) is 5.32 Å². The molecule has 5 nitrogen and oxygen atoms in total. The Morgan fingerprint density at radius 1 is 1.08 bits per heavy atom. The van der Waals surface area contributed by atoms with E-state index in [1.165, 1.54) is 37.1 Å². The number of fused-ring (bicyclic) bond motifs is 1. The van der Waals surface area contributed by atoms with Crippen LogP contribution in [0.2, 0.25) is 0 Å². The van der Waals surface area contributed by atoms with Gasteiger partial charge >= 0.3 is 0 Å². The molecule has 0 amide bonds. The first-order chi connectivity index (χ1) is 11.7. The number of allylic oxidation sites excluding steroid dienone is 2. The van der Waals surface area contributed by atoms with E-state index < -0.39 is 0 Å². The average molecular weight is 333 g/mol. The summed E-state index contributed by atoms with van der Waals surface area (Å²) in [6.07, 6.45) is 6.28. The van der Waals surface area contributed by atoms with Crippen molar-refractivity contribution < 1.29 is 0 Å². The first-order valence-electron chi connectivity index (χ1n) is 7.87. The summed E-state index contributed by atoms with van der Waals surface area (Å²) >= 11 is 1.69. The van der Waals surface area contributed by atoms with Crippen LogP contribution in [0, 0.1) is 34.0 Å². The van der Waals surface area contributed by atoms with Gasteiger partial charge in [0.15, 0.2) is 5.57 Å². The number of hydrogen-bond acceptors (Lipinski definition) is 6. The summed E-state index contributed by atoms with van der Waals surface area (Å²) in [6.45, 7) is 0. The van der Waals surface area contributed by atoms with Crippen LogP contribution in [0.25, 0.3) is 10.2 Å². The largest absolute Gasteiger partial charge is 0.345 e. The van der Waals surface area contributed by atoms with Crippen LogP contribution >= 0.6 is 11.3 Å². The Kier molecular flexibility index (Phi) is 4.75. The van der Waals surface area contributed by atoms with Crippen molar-refractivity contribution in [2.24, 2.45) is 0 Å². The number of anilines is 1. The summed E-state index contributed by atoms with van der Waals surface area (Å²) in [5, 5.41) is 31.0. The van der Waals surface area contributed by atoms with Gasteiger partial charge in [-0.2, -0.15) is 15.8 Å². The molecule has 118 valence electrons. The normalized spacial score (nSPS) is 14.4. The third kappa shape index (κ3) is 3.23. The highest BCUT2D eigenvalue weighted by molar-refractivity contribution is 7.18.